The number of cyclic esters (lactones) is 1. The smallest absolute Gasteiger partial charge is 0.311 e. The van der Waals surface area contributed by atoms with Gasteiger partial charge in [-0.1, -0.05) is 0 Å². The van der Waals surface area contributed by atoms with Crippen LogP contribution in [0.15, 0.2) is 0 Å². The predicted octanol–water partition coefficient (Wildman–Crippen LogP) is 0.320. The maximum atomic E-state index is 10.8. The fourth-order valence-electron chi connectivity index (χ4n) is 1.14. The second kappa shape index (κ2) is 2.23. The number of hydrogen-bond donors (Lipinski definition) is 1. The molecule has 0 saturated carbocycles. The minimum Gasteiger partial charge on any atom is -0.465 e. The van der Waals surface area contributed by atoms with Crippen molar-refractivity contribution in [3.63, 3.8) is 0 Å². The summed E-state index contributed by atoms with van der Waals surface area (Å²) in [6.07, 6.45) is 0.641. The molecule has 1 N–H and O–H groups in total. The minimum atomic E-state index is -0.923. The monoisotopic (exact) mass is 144 g/mol. The SMILES string of the molecule is CC(C)(O)C1CCOC1=O. The first kappa shape index (κ1) is 7.54. The maximum Gasteiger partial charge on any atom is 0.311 e. The standard InChI is InChI=1S/C7H12O3/c1-7(2,9)5-3-4-10-6(5)8/h5,9H,3-4H2,1-2H3. The summed E-state index contributed by atoms with van der Waals surface area (Å²) in [6, 6.07) is 0. The van der Waals surface area contributed by atoms with Gasteiger partial charge in [0, 0.05) is 0 Å². The van der Waals surface area contributed by atoms with Gasteiger partial charge in [-0.3, -0.25) is 4.79 Å². The molecule has 1 aliphatic heterocycles. The van der Waals surface area contributed by atoms with Crippen molar-refractivity contribution >= 4 is 5.97 Å². The van der Waals surface area contributed by atoms with Crippen LogP contribution in [-0.4, -0.2) is 23.3 Å². The van der Waals surface area contributed by atoms with Crippen molar-refractivity contribution in [2.75, 3.05) is 6.61 Å². The molecule has 0 aromatic carbocycles. The molecule has 1 rings (SSSR count). The molecule has 0 aromatic rings. The van der Waals surface area contributed by atoms with E-state index in [0.29, 0.717) is 13.0 Å². The summed E-state index contributed by atoms with van der Waals surface area (Å²) in [5.41, 5.74) is -0.923. The molecule has 1 atom stereocenters. The van der Waals surface area contributed by atoms with Crippen molar-refractivity contribution in [2.24, 2.45) is 5.92 Å². The normalized spacial score (nSPS) is 26.7. The van der Waals surface area contributed by atoms with E-state index in [1.54, 1.807) is 13.8 Å². The fourth-order valence-corrected chi connectivity index (χ4v) is 1.14. The highest BCUT2D eigenvalue weighted by Gasteiger charge is 2.38. The molecule has 0 aliphatic carbocycles. The molecular weight excluding hydrogens is 132 g/mol. The van der Waals surface area contributed by atoms with Gasteiger partial charge in [0.25, 0.3) is 0 Å². The Kier molecular flexibility index (Phi) is 1.68. The van der Waals surface area contributed by atoms with Crippen molar-refractivity contribution in [3.05, 3.63) is 0 Å². The van der Waals surface area contributed by atoms with Crippen LogP contribution in [-0.2, 0) is 9.53 Å². The van der Waals surface area contributed by atoms with E-state index in [2.05, 4.69) is 0 Å². The summed E-state index contributed by atoms with van der Waals surface area (Å²) in [4.78, 5) is 10.8. The van der Waals surface area contributed by atoms with Crippen LogP contribution in [0.3, 0.4) is 0 Å². The summed E-state index contributed by atoms with van der Waals surface area (Å²) in [5, 5.41) is 9.39. The van der Waals surface area contributed by atoms with Crippen LogP contribution in [0.4, 0.5) is 0 Å². The molecule has 1 fully saturated rings. The maximum absolute atomic E-state index is 10.8. The molecule has 0 spiro atoms. The van der Waals surface area contributed by atoms with E-state index in [1.165, 1.54) is 0 Å². The third-order valence-electron chi connectivity index (χ3n) is 1.79. The first-order chi connectivity index (χ1) is 4.52. The van der Waals surface area contributed by atoms with Gasteiger partial charge in [0.05, 0.1) is 18.1 Å². The second-order valence-corrected chi connectivity index (χ2v) is 3.16. The first-order valence-corrected chi connectivity index (χ1v) is 3.41. The molecule has 0 radical (unpaired) electrons. The number of carbonyl (C=O) groups excluding carboxylic acids is 1. The van der Waals surface area contributed by atoms with Gasteiger partial charge < -0.3 is 9.84 Å². The van der Waals surface area contributed by atoms with Crippen LogP contribution < -0.4 is 0 Å². The van der Waals surface area contributed by atoms with Crippen LogP contribution in [0.2, 0.25) is 0 Å². The second-order valence-electron chi connectivity index (χ2n) is 3.16. The van der Waals surface area contributed by atoms with E-state index in [1.807, 2.05) is 0 Å². The number of aliphatic hydroxyl groups is 1. The number of ether oxygens (including phenoxy) is 1. The van der Waals surface area contributed by atoms with Crippen LogP contribution in [0.25, 0.3) is 0 Å². The topological polar surface area (TPSA) is 46.5 Å². The Balaban J connectivity index is 2.64. The Morgan fingerprint density at radius 2 is 2.30 bits per heavy atom. The molecule has 58 valence electrons. The molecule has 10 heavy (non-hydrogen) atoms. The lowest BCUT2D eigenvalue weighted by molar-refractivity contribution is -0.146. The first-order valence-electron chi connectivity index (χ1n) is 3.41. The zero-order valence-corrected chi connectivity index (χ0v) is 6.26. The van der Waals surface area contributed by atoms with Crippen LogP contribution in [0.1, 0.15) is 20.3 Å². The molecule has 1 saturated heterocycles. The fraction of sp³-hybridized carbons (Fsp3) is 0.857. The van der Waals surface area contributed by atoms with E-state index >= 15 is 0 Å². The quantitative estimate of drug-likeness (QED) is 0.539. The van der Waals surface area contributed by atoms with Gasteiger partial charge in [0.15, 0.2) is 0 Å². The lowest BCUT2D eigenvalue weighted by Crippen LogP contribution is -2.33. The number of hydrogen-bond acceptors (Lipinski definition) is 3. The van der Waals surface area contributed by atoms with E-state index in [4.69, 9.17) is 4.74 Å². The summed E-state index contributed by atoms with van der Waals surface area (Å²) < 4.78 is 4.69. The van der Waals surface area contributed by atoms with Gasteiger partial charge in [0.1, 0.15) is 0 Å². The molecule has 1 aliphatic rings. The van der Waals surface area contributed by atoms with Gasteiger partial charge >= 0.3 is 5.97 Å². The van der Waals surface area contributed by atoms with Crippen molar-refractivity contribution in [2.45, 2.75) is 25.9 Å². The highest BCUT2D eigenvalue weighted by atomic mass is 16.5. The molecule has 1 unspecified atom stereocenters. The lowest BCUT2D eigenvalue weighted by atomic mass is 9.90. The van der Waals surface area contributed by atoms with Gasteiger partial charge in [-0.25, -0.2) is 0 Å². The van der Waals surface area contributed by atoms with Crippen molar-refractivity contribution in [3.8, 4) is 0 Å². The Hall–Kier alpha value is -0.570. The highest BCUT2D eigenvalue weighted by Crippen LogP contribution is 2.25. The van der Waals surface area contributed by atoms with Gasteiger partial charge in [-0.15, -0.1) is 0 Å². The Labute approximate surface area is 60.0 Å². The number of esters is 1. The molecule has 0 aromatic heterocycles. The van der Waals surface area contributed by atoms with Crippen molar-refractivity contribution in [1.82, 2.24) is 0 Å². The van der Waals surface area contributed by atoms with E-state index in [0.717, 1.165) is 0 Å². The average Bonchev–Trinajstić information content (AvgIpc) is 2.11. The van der Waals surface area contributed by atoms with Gasteiger partial charge in [-0.2, -0.15) is 0 Å². The van der Waals surface area contributed by atoms with Gasteiger partial charge in [0.2, 0.25) is 0 Å². The molecule has 3 nitrogen and oxygen atoms in total. The predicted molar refractivity (Wildman–Crippen MR) is 35.4 cm³/mol. The number of rotatable bonds is 1. The van der Waals surface area contributed by atoms with E-state index < -0.39 is 5.60 Å². The zero-order chi connectivity index (χ0) is 7.78. The Morgan fingerprint density at radius 1 is 1.70 bits per heavy atom. The van der Waals surface area contributed by atoms with Crippen molar-refractivity contribution < 1.29 is 14.6 Å². The minimum absolute atomic E-state index is 0.271. The summed E-state index contributed by atoms with van der Waals surface area (Å²) in [5.74, 6) is -0.597. The van der Waals surface area contributed by atoms with E-state index in [-0.39, 0.29) is 11.9 Å². The average molecular weight is 144 g/mol. The largest absolute Gasteiger partial charge is 0.465 e. The summed E-state index contributed by atoms with van der Waals surface area (Å²) in [7, 11) is 0. The molecule has 1 heterocycles. The van der Waals surface area contributed by atoms with Crippen LogP contribution in [0, 0.1) is 5.92 Å². The molecule has 0 bridgehead atoms. The Bertz CT molecular complexity index is 145. The lowest BCUT2D eigenvalue weighted by Gasteiger charge is -2.21. The van der Waals surface area contributed by atoms with Crippen LogP contribution in [0.5, 0.6) is 0 Å². The third kappa shape index (κ3) is 1.29. The van der Waals surface area contributed by atoms with Crippen LogP contribution >= 0.6 is 0 Å². The Morgan fingerprint density at radius 3 is 2.50 bits per heavy atom. The molecule has 3 heteroatoms. The third-order valence-corrected chi connectivity index (χ3v) is 1.79. The van der Waals surface area contributed by atoms with Crippen molar-refractivity contribution in [1.29, 1.82) is 0 Å². The molecular formula is C7H12O3. The van der Waals surface area contributed by atoms with Gasteiger partial charge in [-0.05, 0) is 20.3 Å². The summed E-state index contributed by atoms with van der Waals surface area (Å²) >= 11 is 0. The molecule has 0 amide bonds. The highest BCUT2D eigenvalue weighted by molar-refractivity contribution is 5.75. The summed E-state index contributed by atoms with van der Waals surface area (Å²) in [6.45, 7) is 3.71. The van der Waals surface area contributed by atoms with E-state index in [9.17, 15) is 9.90 Å². The number of carbonyl (C=O) groups is 1. The zero-order valence-electron chi connectivity index (χ0n) is 6.26.